The Morgan fingerprint density at radius 2 is 1.62 bits per heavy atom. The van der Waals surface area contributed by atoms with Gasteiger partial charge in [0.15, 0.2) is 9.84 Å². The molecule has 0 heterocycles. The van der Waals surface area contributed by atoms with Crippen LogP contribution in [0.4, 0.5) is 5.69 Å². The molecule has 0 unspecified atom stereocenters. The highest BCUT2D eigenvalue weighted by Crippen LogP contribution is 2.19. The normalized spacial score (nSPS) is 12.2. The van der Waals surface area contributed by atoms with Gasteiger partial charge in [0.05, 0.1) is 23.1 Å². The second-order valence-corrected chi connectivity index (χ2v) is 8.12. The fourth-order valence-electron chi connectivity index (χ4n) is 2.49. The zero-order valence-electron chi connectivity index (χ0n) is 14.7. The van der Waals surface area contributed by atoms with Gasteiger partial charge >= 0.3 is 0 Å². The summed E-state index contributed by atoms with van der Waals surface area (Å²) < 4.78 is 23.6. The molecule has 2 N–H and O–H groups in total. The molecule has 2 rings (SSSR count). The molecule has 2 aromatic rings. The van der Waals surface area contributed by atoms with Crippen molar-refractivity contribution in [2.24, 2.45) is 0 Å². The number of anilines is 1. The van der Waals surface area contributed by atoms with Gasteiger partial charge in [-0.15, -0.1) is 0 Å². The molecule has 0 aliphatic heterocycles. The number of nitrogens with one attached hydrogen (secondary N) is 2. The quantitative estimate of drug-likeness (QED) is 0.779. The average molecular weight is 374 g/mol. The van der Waals surface area contributed by atoms with Gasteiger partial charge < -0.3 is 10.6 Å². The van der Waals surface area contributed by atoms with Crippen LogP contribution in [0.1, 0.15) is 31.9 Å². The van der Waals surface area contributed by atoms with E-state index in [2.05, 4.69) is 10.6 Å². The molecule has 7 heteroatoms. The lowest BCUT2D eigenvalue weighted by molar-refractivity contribution is -0.120. The van der Waals surface area contributed by atoms with Crippen molar-refractivity contribution in [1.29, 1.82) is 0 Å². The Labute approximate surface area is 153 Å². The first-order valence-electron chi connectivity index (χ1n) is 8.26. The maximum Gasteiger partial charge on any atom is 0.226 e. The number of benzene rings is 2. The number of rotatable bonds is 7. The highest BCUT2D eigenvalue weighted by Gasteiger charge is 2.17. The second-order valence-electron chi connectivity index (χ2n) is 5.84. The zero-order chi connectivity index (χ0) is 19.2. The number of carbonyl (C=O) groups is 2. The first-order chi connectivity index (χ1) is 12.3. The van der Waals surface area contributed by atoms with E-state index in [1.54, 1.807) is 19.1 Å². The third-order valence-corrected chi connectivity index (χ3v) is 5.60. The first kappa shape index (κ1) is 19.7. The standard InChI is InChI=1S/C19H22N2O4S/c1-3-26(24,25)17-11-9-16(10-12-17)21-19(23)13-18(20-14(2)22)15-7-5-4-6-8-15/h4-12,18H,3,13H2,1-2H3,(H,20,22)(H,21,23)/t18-/m0/s1. The summed E-state index contributed by atoms with van der Waals surface area (Å²) in [5.41, 5.74) is 1.34. The van der Waals surface area contributed by atoms with Crippen LogP contribution in [0.2, 0.25) is 0 Å². The molecule has 0 radical (unpaired) electrons. The van der Waals surface area contributed by atoms with Gasteiger partial charge in [-0.3, -0.25) is 9.59 Å². The van der Waals surface area contributed by atoms with Gasteiger partial charge in [-0.25, -0.2) is 8.42 Å². The van der Waals surface area contributed by atoms with Crippen molar-refractivity contribution in [3.8, 4) is 0 Å². The predicted octanol–water partition coefficient (Wildman–Crippen LogP) is 2.69. The van der Waals surface area contributed by atoms with Gasteiger partial charge in [0.2, 0.25) is 11.8 Å². The molecule has 6 nitrogen and oxygen atoms in total. The van der Waals surface area contributed by atoms with Gasteiger partial charge in [0.1, 0.15) is 0 Å². The number of hydrogen-bond acceptors (Lipinski definition) is 4. The molecule has 0 spiro atoms. The predicted molar refractivity (Wildman–Crippen MR) is 100 cm³/mol. The van der Waals surface area contributed by atoms with Crippen LogP contribution in [0.25, 0.3) is 0 Å². The molecule has 138 valence electrons. The highest BCUT2D eigenvalue weighted by molar-refractivity contribution is 7.91. The molecule has 0 fully saturated rings. The van der Waals surface area contributed by atoms with E-state index in [0.717, 1.165) is 5.56 Å². The van der Waals surface area contributed by atoms with Crippen molar-refractivity contribution in [3.63, 3.8) is 0 Å². The Balaban J connectivity index is 2.07. The third kappa shape index (κ3) is 5.42. The van der Waals surface area contributed by atoms with E-state index in [4.69, 9.17) is 0 Å². The van der Waals surface area contributed by atoms with Crippen LogP contribution < -0.4 is 10.6 Å². The molecule has 0 saturated heterocycles. The summed E-state index contributed by atoms with van der Waals surface area (Å²) in [7, 11) is -3.27. The van der Waals surface area contributed by atoms with E-state index in [1.165, 1.54) is 19.1 Å². The molecule has 0 bridgehead atoms. The maximum atomic E-state index is 12.3. The minimum atomic E-state index is -3.27. The number of amides is 2. The van der Waals surface area contributed by atoms with Crippen LogP contribution >= 0.6 is 0 Å². The maximum absolute atomic E-state index is 12.3. The highest BCUT2D eigenvalue weighted by atomic mass is 32.2. The number of carbonyl (C=O) groups excluding carboxylic acids is 2. The van der Waals surface area contributed by atoms with Crippen molar-refractivity contribution >= 4 is 27.3 Å². The van der Waals surface area contributed by atoms with Gasteiger partial charge in [-0.05, 0) is 29.8 Å². The van der Waals surface area contributed by atoms with E-state index in [9.17, 15) is 18.0 Å². The van der Waals surface area contributed by atoms with Crippen molar-refractivity contribution in [2.75, 3.05) is 11.1 Å². The number of hydrogen-bond donors (Lipinski definition) is 2. The Bertz CT molecular complexity index is 862. The van der Waals surface area contributed by atoms with Crippen LogP contribution in [0.5, 0.6) is 0 Å². The monoisotopic (exact) mass is 374 g/mol. The lowest BCUT2D eigenvalue weighted by atomic mass is 10.0. The summed E-state index contributed by atoms with van der Waals surface area (Å²) in [6.45, 7) is 2.98. The lowest BCUT2D eigenvalue weighted by Gasteiger charge is -2.18. The molecule has 2 aromatic carbocycles. The molecular weight excluding hydrogens is 352 g/mol. The van der Waals surface area contributed by atoms with E-state index in [-0.39, 0.29) is 28.9 Å². The Hall–Kier alpha value is -2.67. The molecule has 26 heavy (non-hydrogen) atoms. The van der Waals surface area contributed by atoms with Crippen LogP contribution in [0.3, 0.4) is 0 Å². The molecule has 0 aliphatic rings. The summed E-state index contributed by atoms with van der Waals surface area (Å²) in [5.74, 6) is -0.478. The van der Waals surface area contributed by atoms with Crippen molar-refractivity contribution in [3.05, 3.63) is 60.2 Å². The minimum Gasteiger partial charge on any atom is -0.349 e. The smallest absolute Gasteiger partial charge is 0.226 e. The second kappa shape index (κ2) is 8.62. The molecule has 0 aliphatic carbocycles. The SMILES string of the molecule is CCS(=O)(=O)c1ccc(NC(=O)C[C@H](NC(C)=O)c2ccccc2)cc1. The number of sulfone groups is 1. The fraction of sp³-hybridized carbons (Fsp3) is 0.263. The van der Waals surface area contributed by atoms with Gasteiger partial charge in [0.25, 0.3) is 0 Å². The summed E-state index contributed by atoms with van der Waals surface area (Å²) >= 11 is 0. The Morgan fingerprint density at radius 3 is 2.15 bits per heavy atom. The average Bonchev–Trinajstić information content (AvgIpc) is 2.62. The largest absolute Gasteiger partial charge is 0.349 e. The molecule has 0 saturated carbocycles. The van der Waals surface area contributed by atoms with E-state index in [0.29, 0.717) is 5.69 Å². The molecular formula is C19H22N2O4S. The van der Waals surface area contributed by atoms with E-state index < -0.39 is 15.9 Å². The van der Waals surface area contributed by atoms with Gasteiger partial charge in [-0.1, -0.05) is 37.3 Å². The van der Waals surface area contributed by atoms with Crippen LogP contribution in [0, 0.1) is 0 Å². The molecule has 1 atom stereocenters. The lowest BCUT2D eigenvalue weighted by Crippen LogP contribution is -2.29. The third-order valence-electron chi connectivity index (χ3n) is 3.85. The van der Waals surface area contributed by atoms with Crippen molar-refractivity contribution in [2.45, 2.75) is 31.2 Å². The van der Waals surface area contributed by atoms with Gasteiger partial charge in [-0.2, -0.15) is 0 Å². The van der Waals surface area contributed by atoms with Gasteiger partial charge in [0, 0.05) is 12.6 Å². The zero-order valence-corrected chi connectivity index (χ0v) is 15.5. The summed E-state index contributed by atoms with van der Waals surface area (Å²) in [6, 6.07) is 14.8. The summed E-state index contributed by atoms with van der Waals surface area (Å²) in [5, 5.41) is 5.50. The Morgan fingerprint density at radius 1 is 1.00 bits per heavy atom. The summed E-state index contributed by atoms with van der Waals surface area (Å²) in [6.07, 6.45) is 0.0681. The van der Waals surface area contributed by atoms with E-state index in [1.807, 2.05) is 30.3 Å². The summed E-state index contributed by atoms with van der Waals surface area (Å²) in [4.78, 5) is 24.0. The van der Waals surface area contributed by atoms with Crippen molar-refractivity contribution < 1.29 is 18.0 Å². The molecule has 0 aromatic heterocycles. The first-order valence-corrected chi connectivity index (χ1v) is 9.91. The van der Waals surface area contributed by atoms with E-state index >= 15 is 0 Å². The topological polar surface area (TPSA) is 92.3 Å². The van der Waals surface area contributed by atoms with Crippen LogP contribution in [-0.4, -0.2) is 26.0 Å². The van der Waals surface area contributed by atoms with Crippen molar-refractivity contribution in [1.82, 2.24) is 5.32 Å². The van der Waals surface area contributed by atoms with Crippen LogP contribution in [-0.2, 0) is 19.4 Å². The Kier molecular flexibility index (Phi) is 6.52. The minimum absolute atomic E-state index is 0.0220. The molecule has 2 amide bonds. The fourth-order valence-corrected chi connectivity index (χ4v) is 3.38. The van der Waals surface area contributed by atoms with Crippen LogP contribution in [0.15, 0.2) is 59.5 Å².